The van der Waals surface area contributed by atoms with Crippen molar-refractivity contribution in [3.05, 3.63) is 47.5 Å². The smallest absolute Gasteiger partial charge is 0.408 e. The van der Waals surface area contributed by atoms with Gasteiger partial charge in [0.15, 0.2) is 0 Å². The van der Waals surface area contributed by atoms with Crippen LogP contribution in [0.4, 0.5) is 4.79 Å². The molecule has 0 saturated heterocycles. The monoisotopic (exact) mass is 473 g/mol. The van der Waals surface area contributed by atoms with Gasteiger partial charge in [0.2, 0.25) is 11.8 Å². The number of carbonyl (C=O) groups excluding carboxylic acids is 3. The van der Waals surface area contributed by atoms with E-state index in [0.717, 1.165) is 16.7 Å². The molecule has 0 bridgehead atoms. The average molecular weight is 474 g/mol. The van der Waals surface area contributed by atoms with E-state index in [-0.39, 0.29) is 24.3 Å². The third kappa shape index (κ3) is 8.84. The molecule has 0 spiro atoms. The van der Waals surface area contributed by atoms with E-state index in [1.165, 1.54) is 4.90 Å². The second kappa shape index (κ2) is 11.5. The quantitative estimate of drug-likeness (QED) is 0.530. The van der Waals surface area contributed by atoms with E-state index in [2.05, 4.69) is 17.2 Å². The molecule has 0 aliphatic carbocycles. The van der Waals surface area contributed by atoms with E-state index in [4.69, 9.17) is 4.74 Å². The van der Waals surface area contributed by atoms with Crippen molar-refractivity contribution >= 4 is 17.9 Å². The molecule has 0 saturated carbocycles. The Morgan fingerprint density at radius 1 is 1.09 bits per heavy atom. The maximum Gasteiger partial charge on any atom is 0.408 e. The van der Waals surface area contributed by atoms with Crippen molar-refractivity contribution in [2.24, 2.45) is 5.92 Å². The summed E-state index contributed by atoms with van der Waals surface area (Å²) >= 11 is 0. The molecule has 7 heteroatoms. The van der Waals surface area contributed by atoms with Crippen molar-refractivity contribution in [2.75, 3.05) is 6.54 Å². The first-order chi connectivity index (χ1) is 15.5. The number of hydrogen-bond acceptors (Lipinski definition) is 4. The van der Waals surface area contributed by atoms with Gasteiger partial charge < -0.3 is 20.3 Å². The molecule has 0 heterocycles. The second-order valence-corrected chi connectivity index (χ2v) is 11.1. The lowest BCUT2D eigenvalue weighted by Crippen LogP contribution is -2.56. The maximum atomic E-state index is 13.9. The number of alkyl carbamates (subject to hydrolysis) is 1. The van der Waals surface area contributed by atoms with Gasteiger partial charge in [-0.25, -0.2) is 4.79 Å². The highest BCUT2D eigenvalue weighted by atomic mass is 16.6. The Balaban J connectivity index is 3.54. The van der Waals surface area contributed by atoms with Crippen molar-refractivity contribution in [3.63, 3.8) is 0 Å². The van der Waals surface area contributed by atoms with Gasteiger partial charge >= 0.3 is 6.09 Å². The summed E-state index contributed by atoms with van der Waals surface area (Å²) in [7, 11) is 0. The predicted molar refractivity (Wildman–Crippen MR) is 136 cm³/mol. The maximum absolute atomic E-state index is 13.9. The largest absolute Gasteiger partial charge is 0.444 e. The average Bonchev–Trinajstić information content (AvgIpc) is 2.64. The highest BCUT2D eigenvalue weighted by Gasteiger charge is 2.38. The summed E-state index contributed by atoms with van der Waals surface area (Å²) in [6, 6.07) is 4.06. The Hall–Kier alpha value is -2.83. The van der Waals surface area contributed by atoms with E-state index in [9.17, 15) is 14.4 Å². The minimum atomic E-state index is -0.897. The molecule has 190 valence electrons. The molecule has 1 aromatic carbocycles. The Bertz CT molecular complexity index is 894. The summed E-state index contributed by atoms with van der Waals surface area (Å²) in [5.41, 5.74) is 1.40. The van der Waals surface area contributed by atoms with Crippen LogP contribution in [0.2, 0.25) is 0 Å². The molecule has 0 fully saturated rings. The zero-order valence-corrected chi connectivity index (χ0v) is 22.5. The summed E-state index contributed by atoms with van der Waals surface area (Å²) in [5, 5.41) is 5.73. The molecule has 3 amide bonds. The molecule has 2 atom stereocenters. The number of nitrogens with zero attached hydrogens (tertiary/aromatic N) is 1. The van der Waals surface area contributed by atoms with Gasteiger partial charge in [0.1, 0.15) is 17.7 Å². The molecule has 0 aromatic heterocycles. The minimum Gasteiger partial charge on any atom is -0.444 e. The van der Waals surface area contributed by atoms with Gasteiger partial charge in [0.05, 0.1) is 0 Å². The second-order valence-electron chi connectivity index (χ2n) is 11.1. The standard InChI is InChI=1S/C27H43N3O4/c1-12-15-30(24(32)21(17(2)3)28-25(33)34-27(9,10)11)22(23(31)29-26(6,7)8)20-16-18(4)13-14-19(20)5/h12-14,16-17,21-22H,1,15H2,2-11H3,(H,28,33)(H,29,31). The highest BCUT2D eigenvalue weighted by Crippen LogP contribution is 2.28. The number of ether oxygens (including phenoxy) is 1. The zero-order chi connectivity index (χ0) is 26.4. The van der Waals surface area contributed by atoms with E-state index in [0.29, 0.717) is 0 Å². The molecule has 2 N–H and O–H groups in total. The first-order valence-electron chi connectivity index (χ1n) is 11.8. The first-order valence-corrected chi connectivity index (χ1v) is 11.8. The molecular weight excluding hydrogens is 430 g/mol. The topological polar surface area (TPSA) is 87.7 Å². The lowest BCUT2D eigenvalue weighted by Gasteiger charge is -2.37. The fraction of sp³-hybridized carbons (Fsp3) is 0.593. The third-order valence-electron chi connectivity index (χ3n) is 5.00. The van der Waals surface area contributed by atoms with Gasteiger partial charge in [-0.2, -0.15) is 0 Å². The first kappa shape index (κ1) is 29.2. The number of rotatable bonds is 8. The number of benzene rings is 1. The van der Waals surface area contributed by atoms with Crippen LogP contribution in [0.3, 0.4) is 0 Å². The van der Waals surface area contributed by atoms with Crippen molar-refractivity contribution in [2.45, 2.75) is 92.5 Å². The van der Waals surface area contributed by atoms with Crippen molar-refractivity contribution in [1.82, 2.24) is 15.5 Å². The number of hydrogen-bond donors (Lipinski definition) is 2. The van der Waals surface area contributed by atoms with Gasteiger partial charge in [-0.3, -0.25) is 9.59 Å². The van der Waals surface area contributed by atoms with E-state index >= 15 is 0 Å². The van der Waals surface area contributed by atoms with Gasteiger partial charge in [0, 0.05) is 12.1 Å². The summed E-state index contributed by atoms with van der Waals surface area (Å²) in [6.45, 7) is 22.5. The number of aryl methyl sites for hydroxylation is 2. The molecule has 7 nitrogen and oxygen atoms in total. The normalized spacial score (nSPS) is 13.6. The number of amides is 3. The molecule has 0 aliphatic rings. The van der Waals surface area contributed by atoms with Crippen LogP contribution < -0.4 is 10.6 Å². The predicted octanol–water partition coefficient (Wildman–Crippen LogP) is 4.82. The van der Waals surface area contributed by atoms with Gasteiger partial charge in [-0.1, -0.05) is 43.7 Å². The molecule has 2 unspecified atom stereocenters. The van der Waals surface area contributed by atoms with Crippen LogP contribution in [0.15, 0.2) is 30.9 Å². The van der Waals surface area contributed by atoms with Gasteiger partial charge in [-0.15, -0.1) is 6.58 Å². The fourth-order valence-electron chi connectivity index (χ4n) is 3.53. The Labute approximate surface area is 205 Å². The lowest BCUT2D eigenvalue weighted by atomic mass is 9.94. The Morgan fingerprint density at radius 2 is 1.68 bits per heavy atom. The summed E-state index contributed by atoms with van der Waals surface area (Å²) in [5.74, 6) is -0.913. The number of carbonyl (C=O) groups is 3. The molecular formula is C27H43N3O4. The molecule has 1 rings (SSSR count). The highest BCUT2D eigenvalue weighted by molar-refractivity contribution is 5.92. The SMILES string of the molecule is C=CCN(C(=O)C(NC(=O)OC(C)(C)C)C(C)C)C(C(=O)NC(C)(C)C)c1cc(C)ccc1C. The van der Waals surface area contributed by atoms with Crippen LogP contribution in [0.1, 0.15) is 78.1 Å². The van der Waals surface area contributed by atoms with E-state index in [1.54, 1.807) is 26.8 Å². The molecule has 0 radical (unpaired) electrons. The van der Waals surface area contributed by atoms with Crippen molar-refractivity contribution in [1.29, 1.82) is 0 Å². The minimum absolute atomic E-state index is 0.133. The Morgan fingerprint density at radius 3 is 2.15 bits per heavy atom. The van der Waals surface area contributed by atoms with Crippen LogP contribution in [-0.2, 0) is 14.3 Å². The van der Waals surface area contributed by atoms with Gasteiger partial charge in [0.25, 0.3) is 0 Å². The van der Waals surface area contributed by atoms with Crippen molar-refractivity contribution < 1.29 is 19.1 Å². The summed E-state index contributed by atoms with van der Waals surface area (Å²) in [4.78, 5) is 41.5. The van der Waals surface area contributed by atoms with E-state index < -0.39 is 29.3 Å². The molecule has 0 aliphatic heterocycles. The summed E-state index contributed by atoms with van der Waals surface area (Å²) < 4.78 is 5.38. The van der Waals surface area contributed by atoms with Crippen LogP contribution in [0, 0.1) is 19.8 Å². The summed E-state index contributed by atoms with van der Waals surface area (Å²) in [6.07, 6.45) is 0.908. The van der Waals surface area contributed by atoms with Crippen LogP contribution in [0.25, 0.3) is 0 Å². The Kier molecular flexibility index (Phi) is 9.91. The lowest BCUT2D eigenvalue weighted by molar-refractivity contribution is -0.143. The molecule has 1 aromatic rings. The number of nitrogens with one attached hydrogen (secondary N) is 2. The zero-order valence-electron chi connectivity index (χ0n) is 22.5. The van der Waals surface area contributed by atoms with Crippen LogP contribution in [0.5, 0.6) is 0 Å². The van der Waals surface area contributed by atoms with Crippen molar-refractivity contribution in [3.8, 4) is 0 Å². The van der Waals surface area contributed by atoms with Crippen LogP contribution in [-0.4, -0.2) is 46.5 Å². The van der Waals surface area contributed by atoms with Gasteiger partial charge in [-0.05, 0) is 72.4 Å². The third-order valence-corrected chi connectivity index (χ3v) is 5.00. The fourth-order valence-corrected chi connectivity index (χ4v) is 3.53. The van der Waals surface area contributed by atoms with Crippen LogP contribution >= 0.6 is 0 Å². The molecule has 34 heavy (non-hydrogen) atoms. The van der Waals surface area contributed by atoms with E-state index in [1.807, 2.05) is 66.7 Å².